The topological polar surface area (TPSA) is 46.6 Å². The van der Waals surface area contributed by atoms with E-state index in [1.165, 1.54) is 16.7 Å². The molecule has 0 saturated carbocycles. The van der Waals surface area contributed by atoms with Crippen LogP contribution in [0.25, 0.3) is 6.08 Å². The van der Waals surface area contributed by atoms with Gasteiger partial charge in [-0.1, -0.05) is 86.7 Å². The quantitative estimate of drug-likeness (QED) is 0.320. The number of carbonyl (C=O) groups is 2. The Hall–Kier alpha value is -3.66. The predicted octanol–water partition coefficient (Wildman–Crippen LogP) is 7.08. The van der Waals surface area contributed by atoms with Crippen molar-refractivity contribution in [2.75, 3.05) is 14.1 Å². The number of allylic oxidation sites excluding steroid dienone is 1. The van der Waals surface area contributed by atoms with Crippen LogP contribution in [0.15, 0.2) is 78.9 Å². The van der Waals surface area contributed by atoms with Gasteiger partial charge in [-0.15, -0.1) is 0 Å². The zero-order valence-electron chi connectivity index (χ0n) is 23.0. The highest BCUT2D eigenvalue weighted by molar-refractivity contribution is 5.93. The maximum absolute atomic E-state index is 12.4. The molecule has 0 fully saturated rings. The third-order valence-corrected chi connectivity index (χ3v) is 7.25. The number of ether oxygens (including phenoxy) is 1. The number of rotatable bonds is 7. The van der Waals surface area contributed by atoms with Gasteiger partial charge >= 0.3 is 5.97 Å². The second-order valence-corrected chi connectivity index (χ2v) is 10.9. The molecule has 0 bridgehead atoms. The second-order valence-electron chi connectivity index (χ2n) is 10.9. The van der Waals surface area contributed by atoms with E-state index in [0.717, 1.165) is 36.8 Å². The van der Waals surface area contributed by atoms with Crippen molar-refractivity contribution in [3.63, 3.8) is 0 Å². The van der Waals surface area contributed by atoms with Gasteiger partial charge in [0.25, 0.3) is 5.91 Å². The van der Waals surface area contributed by atoms with Gasteiger partial charge in [0.15, 0.2) is 0 Å². The number of hydrogen-bond acceptors (Lipinski definition) is 3. The van der Waals surface area contributed by atoms with Gasteiger partial charge in [0, 0.05) is 32.0 Å². The Morgan fingerprint density at radius 2 is 1.61 bits per heavy atom. The molecule has 0 spiro atoms. The van der Waals surface area contributed by atoms with Crippen LogP contribution in [0, 0.1) is 11.8 Å². The number of esters is 1. The Morgan fingerprint density at radius 3 is 2.29 bits per heavy atom. The summed E-state index contributed by atoms with van der Waals surface area (Å²) in [7, 11) is 3.51. The number of benzene rings is 3. The molecule has 3 aromatic carbocycles. The maximum atomic E-state index is 12.4. The van der Waals surface area contributed by atoms with Crippen LogP contribution in [0.1, 0.15) is 71.0 Å². The summed E-state index contributed by atoms with van der Waals surface area (Å²) in [6, 6.07) is 24.5. The summed E-state index contributed by atoms with van der Waals surface area (Å²) in [6.07, 6.45) is 8.32. The molecule has 0 radical (unpaired) electrons. The van der Waals surface area contributed by atoms with Crippen LogP contribution in [0.3, 0.4) is 0 Å². The van der Waals surface area contributed by atoms with E-state index >= 15 is 0 Å². The monoisotopic (exact) mass is 509 g/mol. The lowest BCUT2D eigenvalue weighted by atomic mass is 9.94. The number of hydrogen-bond donors (Lipinski definition) is 0. The van der Waals surface area contributed by atoms with Crippen LogP contribution >= 0.6 is 0 Å². The highest BCUT2D eigenvalue weighted by Crippen LogP contribution is 2.41. The Balaban J connectivity index is 0.000000311. The molecule has 3 aromatic rings. The number of nitrogens with zero attached hydrogens (tertiary/aromatic N) is 1. The summed E-state index contributed by atoms with van der Waals surface area (Å²) in [5.74, 6) is 0.586. The molecule has 2 aliphatic rings. The fourth-order valence-corrected chi connectivity index (χ4v) is 5.13. The summed E-state index contributed by atoms with van der Waals surface area (Å²) in [5, 5.41) is 0. The molecule has 0 heterocycles. The number of carbonyl (C=O) groups excluding carboxylic acids is 2. The highest BCUT2D eigenvalue weighted by Gasteiger charge is 2.35. The van der Waals surface area contributed by atoms with E-state index in [4.69, 9.17) is 4.74 Å². The summed E-state index contributed by atoms with van der Waals surface area (Å²) in [6.45, 7) is 4.23. The number of fused-ring (bicyclic) bond motifs is 2. The van der Waals surface area contributed by atoms with Crippen LogP contribution in [0.2, 0.25) is 0 Å². The van der Waals surface area contributed by atoms with Gasteiger partial charge < -0.3 is 9.64 Å². The van der Waals surface area contributed by atoms with Crippen molar-refractivity contribution in [2.24, 2.45) is 11.8 Å². The van der Waals surface area contributed by atoms with Gasteiger partial charge in [-0.05, 0) is 71.6 Å². The standard InChI is InChI=1S/C25H31NO3.C9H8/c1-17(2)9-14-23(27)29-24-21(16-20-7-5-6-8-22(20)24)15-18-10-12-19(13-11-18)25(28)26(3)4;1-2-5-9-7-3-6-8(9)4-1/h5-8,10-13,17,21,24H,9,14-16H2,1-4H3;1-6H,7H2/t21-,24-;/m1./s1. The van der Waals surface area contributed by atoms with Crippen molar-refractivity contribution in [1.82, 2.24) is 4.90 Å². The van der Waals surface area contributed by atoms with Crippen LogP contribution in [0.5, 0.6) is 0 Å². The third kappa shape index (κ3) is 7.00. The molecule has 1 amide bonds. The molecule has 4 nitrogen and oxygen atoms in total. The molecule has 198 valence electrons. The Morgan fingerprint density at radius 1 is 0.921 bits per heavy atom. The first kappa shape index (κ1) is 27.4. The fraction of sp³-hybridized carbons (Fsp3) is 0.353. The van der Waals surface area contributed by atoms with Crippen LogP contribution in [-0.4, -0.2) is 30.9 Å². The van der Waals surface area contributed by atoms with E-state index < -0.39 is 0 Å². The van der Waals surface area contributed by atoms with Crippen molar-refractivity contribution < 1.29 is 14.3 Å². The SMILES string of the molecule is C1=Cc2ccccc2C1.CC(C)CCC(=O)O[C@H]1c2ccccc2C[C@H]1Cc1ccc(C(=O)N(C)C)cc1. The minimum Gasteiger partial charge on any atom is -0.457 e. The van der Waals surface area contributed by atoms with E-state index in [2.05, 4.69) is 62.4 Å². The Labute approximate surface area is 227 Å². The zero-order valence-corrected chi connectivity index (χ0v) is 23.0. The maximum Gasteiger partial charge on any atom is 0.306 e. The van der Waals surface area contributed by atoms with Crippen LogP contribution < -0.4 is 0 Å². The van der Waals surface area contributed by atoms with Gasteiger partial charge in [0.05, 0.1) is 0 Å². The van der Waals surface area contributed by atoms with Crippen molar-refractivity contribution >= 4 is 18.0 Å². The van der Waals surface area contributed by atoms with Crippen molar-refractivity contribution in [3.8, 4) is 0 Å². The fourth-order valence-electron chi connectivity index (χ4n) is 5.13. The van der Waals surface area contributed by atoms with E-state index in [-0.39, 0.29) is 23.9 Å². The van der Waals surface area contributed by atoms with E-state index in [1.807, 2.05) is 36.4 Å². The smallest absolute Gasteiger partial charge is 0.306 e. The molecular formula is C34H39NO3. The molecule has 38 heavy (non-hydrogen) atoms. The molecule has 0 saturated heterocycles. The lowest BCUT2D eigenvalue weighted by Crippen LogP contribution is -2.21. The Kier molecular flexibility index (Phi) is 9.17. The van der Waals surface area contributed by atoms with Gasteiger partial charge in [-0.25, -0.2) is 0 Å². The minimum atomic E-state index is -0.200. The average molecular weight is 510 g/mol. The minimum absolute atomic E-state index is 0.00165. The first-order chi connectivity index (χ1) is 18.3. The molecule has 0 unspecified atom stereocenters. The molecule has 5 rings (SSSR count). The van der Waals surface area contributed by atoms with Gasteiger partial charge in [0.2, 0.25) is 0 Å². The van der Waals surface area contributed by atoms with Crippen molar-refractivity contribution in [1.29, 1.82) is 0 Å². The van der Waals surface area contributed by atoms with Crippen LogP contribution in [0.4, 0.5) is 0 Å². The van der Waals surface area contributed by atoms with Crippen molar-refractivity contribution in [3.05, 3.63) is 112 Å². The average Bonchev–Trinajstić information content (AvgIpc) is 3.53. The molecule has 4 heteroatoms. The molecule has 2 aliphatic carbocycles. The van der Waals surface area contributed by atoms with E-state index in [0.29, 0.717) is 17.9 Å². The summed E-state index contributed by atoms with van der Waals surface area (Å²) >= 11 is 0. The summed E-state index contributed by atoms with van der Waals surface area (Å²) in [5.41, 5.74) is 7.08. The van der Waals surface area contributed by atoms with E-state index in [1.54, 1.807) is 19.0 Å². The highest BCUT2D eigenvalue weighted by atomic mass is 16.5. The summed E-state index contributed by atoms with van der Waals surface area (Å²) in [4.78, 5) is 26.1. The molecule has 0 aromatic heterocycles. The Bertz CT molecular complexity index is 1270. The van der Waals surface area contributed by atoms with Crippen molar-refractivity contribution in [2.45, 2.75) is 52.1 Å². The zero-order chi connectivity index (χ0) is 27.1. The van der Waals surface area contributed by atoms with Gasteiger partial charge in [-0.3, -0.25) is 9.59 Å². The molecule has 0 N–H and O–H groups in total. The molecule has 0 aliphatic heterocycles. The third-order valence-electron chi connectivity index (χ3n) is 7.25. The molecular weight excluding hydrogens is 470 g/mol. The van der Waals surface area contributed by atoms with Crippen LogP contribution in [-0.2, 0) is 28.8 Å². The predicted molar refractivity (Wildman–Crippen MR) is 154 cm³/mol. The second kappa shape index (κ2) is 12.7. The first-order valence-electron chi connectivity index (χ1n) is 13.6. The first-order valence-corrected chi connectivity index (χ1v) is 13.6. The largest absolute Gasteiger partial charge is 0.457 e. The van der Waals surface area contributed by atoms with Gasteiger partial charge in [-0.2, -0.15) is 0 Å². The number of amides is 1. The van der Waals surface area contributed by atoms with Gasteiger partial charge in [0.1, 0.15) is 6.10 Å². The lowest BCUT2D eigenvalue weighted by molar-refractivity contribution is -0.152. The summed E-state index contributed by atoms with van der Waals surface area (Å²) < 4.78 is 5.97. The molecule has 2 atom stereocenters. The van der Waals surface area contributed by atoms with E-state index in [9.17, 15) is 9.59 Å². The lowest BCUT2D eigenvalue weighted by Gasteiger charge is -2.22. The normalized spacial score (nSPS) is 16.9.